The highest BCUT2D eigenvalue weighted by Crippen LogP contribution is 2.38. The van der Waals surface area contributed by atoms with Crippen molar-refractivity contribution < 1.29 is 22.0 Å². The topological polar surface area (TPSA) is 42.2 Å². The Bertz CT molecular complexity index is 1140. The lowest BCUT2D eigenvalue weighted by atomic mass is 9.81. The van der Waals surface area contributed by atoms with Crippen LogP contribution in [0.1, 0.15) is 67.0 Å². The average molecular weight is 464 g/mol. The maximum atomic E-state index is 14.1. The molecular formula is C24H25F5N4. The van der Waals surface area contributed by atoms with Crippen LogP contribution in [-0.2, 0) is 19.1 Å². The summed E-state index contributed by atoms with van der Waals surface area (Å²) < 4.78 is 70.6. The minimum absolute atomic E-state index is 0.00776. The quantitative estimate of drug-likeness (QED) is 0.469. The molecule has 0 aliphatic heterocycles. The number of nitrogens with zero attached hydrogens (tertiary/aromatic N) is 3. The van der Waals surface area contributed by atoms with Gasteiger partial charge in [0.15, 0.2) is 5.65 Å². The Balaban J connectivity index is 1.27. The molecule has 0 atom stereocenters. The highest BCUT2D eigenvalue weighted by atomic mass is 19.4. The van der Waals surface area contributed by atoms with Crippen LogP contribution >= 0.6 is 0 Å². The molecular weight excluding hydrogens is 439 g/mol. The third kappa shape index (κ3) is 4.74. The molecule has 0 radical (unpaired) electrons. The Hall–Kier alpha value is -2.55. The van der Waals surface area contributed by atoms with E-state index in [9.17, 15) is 22.0 Å². The van der Waals surface area contributed by atoms with Crippen molar-refractivity contribution in [2.75, 3.05) is 0 Å². The standard InChI is InChI=1S/C24H25F5N4/c25-17-5-8-19(20(26)12-17)15-3-6-18(7-4-15)30-13-16-9-10-33-21(11-14-1-2-14)31-32-23(33)22(16)24(27,28)29/h5,8-10,12,14-15,18,30H,1-4,6-7,11,13H2/t15-,18-. The third-order valence-corrected chi connectivity index (χ3v) is 6.90. The first-order chi connectivity index (χ1) is 15.8. The van der Waals surface area contributed by atoms with E-state index in [-0.39, 0.29) is 29.7 Å². The molecule has 4 nitrogen and oxygen atoms in total. The van der Waals surface area contributed by atoms with Crippen molar-refractivity contribution in [3.05, 3.63) is 64.6 Å². The minimum atomic E-state index is -4.54. The zero-order valence-corrected chi connectivity index (χ0v) is 18.0. The fourth-order valence-corrected chi connectivity index (χ4v) is 4.91. The molecule has 2 aliphatic carbocycles. The number of hydrogen-bond donors (Lipinski definition) is 1. The monoisotopic (exact) mass is 464 g/mol. The molecule has 3 aromatic rings. The van der Waals surface area contributed by atoms with Gasteiger partial charge in [0.05, 0.1) is 0 Å². The summed E-state index contributed by atoms with van der Waals surface area (Å²) in [6, 6.07) is 5.18. The third-order valence-electron chi connectivity index (χ3n) is 6.90. The van der Waals surface area contributed by atoms with Crippen molar-refractivity contribution in [2.24, 2.45) is 5.92 Å². The molecule has 2 fully saturated rings. The highest BCUT2D eigenvalue weighted by molar-refractivity contribution is 5.53. The molecule has 0 unspecified atom stereocenters. The molecule has 9 heteroatoms. The number of aromatic nitrogens is 3. The fourth-order valence-electron chi connectivity index (χ4n) is 4.91. The van der Waals surface area contributed by atoms with Gasteiger partial charge in [0.2, 0.25) is 0 Å². The van der Waals surface area contributed by atoms with Gasteiger partial charge in [-0.3, -0.25) is 4.40 Å². The number of pyridine rings is 1. The van der Waals surface area contributed by atoms with Gasteiger partial charge in [-0.05, 0) is 73.6 Å². The van der Waals surface area contributed by atoms with Crippen LogP contribution < -0.4 is 5.32 Å². The van der Waals surface area contributed by atoms with Crippen molar-refractivity contribution in [1.82, 2.24) is 19.9 Å². The summed E-state index contributed by atoms with van der Waals surface area (Å²) in [6.45, 7) is 0.0659. The van der Waals surface area contributed by atoms with Crippen LogP contribution in [0.15, 0.2) is 30.5 Å². The van der Waals surface area contributed by atoms with Gasteiger partial charge in [-0.25, -0.2) is 8.78 Å². The van der Waals surface area contributed by atoms with Gasteiger partial charge in [-0.2, -0.15) is 13.2 Å². The average Bonchev–Trinajstić information content (AvgIpc) is 3.50. The van der Waals surface area contributed by atoms with Crippen molar-refractivity contribution in [3.8, 4) is 0 Å². The van der Waals surface area contributed by atoms with E-state index < -0.39 is 23.4 Å². The maximum Gasteiger partial charge on any atom is 0.420 e. The van der Waals surface area contributed by atoms with Gasteiger partial charge in [0.1, 0.15) is 23.0 Å². The van der Waals surface area contributed by atoms with Crippen LogP contribution in [0.25, 0.3) is 5.65 Å². The van der Waals surface area contributed by atoms with E-state index in [2.05, 4.69) is 15.5 Å². The van der Waals surface area contributed by atoms with E-state index >= 15 is 0 Å². The summed E-state index contributed by atoms with van der Waals surface area (Å²) in [5, 5.41) is 11.2. The van der Waals surface area contributed by atoms with Crippen LogP contribution in [0, 0.1) is 17.6 Å². The van der Waals surface area contributed by atoms with Crippen LogP contribution in [0.2, 0.25) is 0 Å². The molecule has 176 valence electrons. The second kappa shape index (κ2) is 8.66. The van der Waals surface area contributed by atoms with E-state index in [0.29, 0.717) is 49.4 Å². The lowest BCUT2D eigenvalue weighted by Gasteiger charge is -2.30. The van der Waals surface area contributed by atoms with Crippen LogP contribution in [0.5, 0.6) is 0 Å². The van der Waals surface area contributed by atoms with Crippen molar-refractivity contribution in [1.29, 1.82) is 0 Å². The number of nitrogens with one attached hydrogen (secondary N) is 1. The molecule has 5 rings (SSSR count). The van der Waals surface area contributed by atoms with Crippen molar-refractivity contribution in [2.45, 2.75) is 69.6 Å². The number of alkyl halides is 3. The van der Waals surface area contributed by atoms with Crippen LogP contribution in [0.3, 0.4) is 0 Å². The van der Waals surface area contributed by atoms with Crippen molar-refractivity contribution in [3.63, 3.8) is 0 Å². The van der Waals surface area contributed by atoms with Crippen molar-refractivity contribution >= 4 is 5.65 Å². The molecule has 0 bridgehead atoms. The zero-order valence-electron chi connectivity index (χ0n) is 18.0. The smallest absolute Gasteiger partial charge is 0.310 e. The van der Waals surface area contributed by atoms with E-state index in [1.165, 1.54) is 22.6 Å². The summed E-state index contributed by atoms with van der Waals surface area (Å²) in [5.41, 5.74) is -0.234. The van der Waals surface area contributed by atoms with Gasteiger partial charge in [0.25, 0.3) is 0 Å². The van der Waals surface area contributed by atoms with Gasteiger partial charge >= 0.3 is 6.18 Å². The molecule has 2 aliphatic rings. The molecule has 2 saturated carbocycles. The predicted molar refractivity (Wildman–Crippen MR) is 113 cm³/mol. The van der Waals surface area contributed by atoms with E-state index in [1.54, 1.807) is 6.20 Å². The van der Waals surface area contributed by atoms with Gasteiger partial charge in [-0.15, -0.1) is 10.2 Å². The lowest BCUT2D eigenvalue weighted by molar-refractivity contribution is -0.137. The normalized spacial score (nSPS) is 21.6. The number of benzene rings is 1. The Labute approximate surface area is 188 Å². The van der Waals surface area contributed by atoms with Gasteiger partial charge in [0, 0.05) is 31.3 Å². The number of hydrogen-bond acceptors (Lipinski definition) is 3. The second-order valence-corrected chi connectivity index (χ2v) is 9.27. The summed E-state index contributed by atoms with van der Waals surface area (Å²) in [5.74, 6) is -0.0812. The van der Waals surface area contributed by atoms with E-state index in [4.69, 9.17) is 0 Å². The molecule has 1 aromatic carbocycles. The Morgan fingerprint density at radius 3 is 2.39 bits per heavy atom. The van der Waals surface area contributed by atoms with Crippen LogP contribution in [0.4, 0.5) is 22.0 Å². The summed E-state index contributed by atoms with van der Waals surface area (Å²) >= 11 is 0. The zero-order chi connectivity index (χ0) is 23.2. The van der Waals surface area contributed by atoms with Gasteiger partial charge in [-0.1, -0.05) is 6.07 Å². The summed E-state index contributed by atoms with van der Waals surface area (Å²) in [4.78, 5) is 0. The Morgan fingerprint density at radius 1 is 0.970 bits per heavy atom. The minimum Gasteiger partial charge on any atom is -0.310 e. The summed E-state index contributed by atoms with van der Waals surface area (Å²) in [6.07, 6.45) is 2.71. The number of halogens is 5. The van der Waals surface area contributed by atoms with E-state index in [0.717, 1.165) is 18.9 Å². The summed E-state index contributed by atoms with van der Waals surface area (Å²) in [7, 11) is 0. The lowest BCUT2D eigenvalue weighted by Crippen LogP contribution is -2.33. The maximum absolute atomic E-state index is 14.1. The second-order valence-electron chi connectivity index (χ2n) is 9.27. The first-order valence-electron chi connectivity index (χ1n) is 11.4. The molecule has 0 amide bonds. The largest absolute Gasteiger partial charge is 0.420 e. The van der Waals surface area contributed by atoms with Gasteiger partial charge < -0.3 is 5.32 Å². The molecule has 1 N–H and O–H groups in total. The molecule has 2 aromatic heterocycles. The Morgan fingerprint density at radius 2 is 1.73 bits per heavy atom. The predicted octanol–water partition coefficient (Wildman–Crippen LogP) is 5.79. The SMILES string of the molecule is Fc1ccc([C@H]2CC[C@H](NCc3ccn4c(CC5CC5)nnc4c3C(F)(F)F)CC2)c(F)c1. The first kappa shape index (κ1) is 22.3. The number of fused-ring (bicyclic) bond motifs is 1. The molecule has 0 saturated heterocycles. The van der Waals surface area contributed by atoms with E-state index in [1.807, 2.05) is 0 Å². The molecule has 33 heavy (non-hydrogen) atoms. The molecule has 2 heterocycles. The molecule has 0 spiro atoms. The van der Waals surface area contributed by atoms with Crippen LogP contribution in [-0.4, -0.2) is 20.6 Å². The first-order valence-corrected chi connectivity index (χ1v) is 11.4. The Kier molecular flexibility index (Phi) is 5.84. The number of rotatable bonds is 6. The highest BCUT2D eigenvalue weighted by Gasteiger charge is 2.38. The fraction of sp³-hybridized carbons (Fsp3) is 0.500.